The van der Waals surface area contributed by atoms with Crippen LogP contribution >= 0.6 is 0 Å². The van der Waals surface area contributed by atoms with Crippen LogP contribution < -0.4 is 0 Å². The van der Waals surface area contributed by atoms with Gasteiger partial charge in [0.1, 0.15) is 19.5 Å². The minimum Gasteiger partial charge on any atom is -0.388 e. The van der Waals surface area contributed by atoms with Crippen LogP contribution in [0.4, 0.5) is 0 Å². The molecule has 0 radical (unpaired) electrons. The Labute approximate surface area is 79.4 Å². The summed E-state index contributed by atoms with van der Waals surface area (Å²) < 4.78 is 6.56. The monoisotopic (exact) mass is 195 g/mol. The fourth-order valence-electron chi connectivity index (χ4n) is 1.08. The lowest BCUT2D eigenvalue weighted by molar-refractivity contribution is 0.263. The molecule has 0 amide bonds. The lowest BCUT2D eigenvalue weighted by Crippen LogP contribution is -2.04. The molecule has 0 saturated carbocycles. The molecule has 0 aromatic carbocycles. The van der Waals surface area contributed by atoms with Crippen LogP contribution in [0.25, 0.3) is 0 Å². The highest BCUT2D eigenvalue weighted by Crippen LogP contribution is 2.02. The molecule has 0 aliphatic heterocycles. The number of aliphatic hydroxyl groups excluding tert-OH is 1. The van der Waals surface area contributed by atoms with E-state index < -0.39 is 0 Å². The number of rotatable bonds is 3. The molecule has 2 heterocycles. The van der Waals surface area contributed by atoms with E-state index in [2.05, 4.69) is 20.3 Å². The maximum absolute atomic E-state index is 8.90. The SMILES string of the molecule is Cc1noc(Cn2cnnc2CO)n1. The minimum atomic E-state index is -0.160. The Balaban J connectivity index is 2.18. The van der Waals surface area contributed by atoms with Gasteiger partial charge in [-0.15, -0.1) is 10.2 Å². The van der Waals surface area contributed by atoms with E-state index in [0.717, 1.165) is 0 Å². The third-order valence-corrected chi connectivity index (χ3v) is 1.71. The van der Waals surface area contributed by atoms with Gasteiger partial charge in [-0.1, -0.05) is 5.16 Å². The van der Waals surface area contributed by atoms with Crippen LogP contribution in [0.5, 0.6) is 0 Å². The number of nitrogens with zero attached hydrogens (tertiary/aromatic N) is 5. The Kier molecular flexibility index (Phi) is 2.23. The van der Waals surface area contributed by atoms with Crippen molar-refractivity contribution in [3.8, 4) is 0 Å². The smallest absolute Gasteiger partial charge is 0.246 e. The molecular formula is C7H9N5O2. The quantitative estimate of drug-likeness (QED) is 0.710. The number of hydrogen-bond acceptors (Lipinski definition) is 6. The topological polar surface area (TPSA) is 89.9 Å². The van der Waals surface area contributed by atoms with Crippen molar-refractivity contribution >= 4 is 0 Å². The predicted molar refractivity (Wildman–Crippen MR) is 44.1 cm³/mol. The average Bonchev–Trinajstić information content (AvgIpc) is 2.76. The van der Waals surface area contributed by atoms with Gasteiger partial charge in [0.15, 0.2) is 11.6 Å². The van der Waals surface area contributed by atoms with Crippen molar-refractivity contribution in [3.63, 3.8) is 0 Å². The molecule has 0 atom stereocenters. The molecule has 7 nitrogen and oxygen atoms in total. The van der Waals surface area contributed by atoms with E-state index in [4.69, 9.17) is 9.63 Å². The van der Waals surface area contributed by atoms with Crippen molar-refractivity contribution in [2.45, 2.75) is 20.1 Å². The van der Waals surface area contributed by atoms with E-state index in [1.54, 1.807) is 11.5 Å². The van der Waals surface area contributed by atoms with Gasteiger partial charge in [-0.25, -0.2) is 0 Å². The first-order valence-electron chi connectivity index (χ1n) is 4.06. The highest BCUT2D eigenvalue weighted by molar-refractivity contribution is 4.89. The maximum Gasteiger partial charge on any atom is 0.246 e. The van der Waals surface area contributed by atoms with Crippen molar-refractivity contribution in [3.05, 3.63) is 23.9 Å². The Bertz CT molecular complexity index is 421. The number of aliphatic hydroxyl groups is 1. The first-order chi connectivity index (χ1) is 6.79. The fraction of sp³-hybridized carbons (Fsp3) is 0.429. The van der Waals surface area contributed by atoms with E-state index in [-0.39, 0.29) is 6.61 Å². The Morgan fingerprint density at radius 2 is 2.43 bits per heavy atom. The fourth-order valence-corrected chi connectivity index (χ4v) is 1.08. The first kappa shape index (κ1) is 8.82. The highest BCUT2D eigenvalue weighted by atomic mass is 16.5. The molecule has 0 spiro atoms. The summed E-state index contributed by atoms with van der Waals surface area (Å²) in [5.41, 5.74) is 0. The summed E-state index contributed by atoms with van der Waals surface area (Å²) in [7, 11) is 0. The lowest BCUT2D eigenvalue weighted by Gasteiger charge is -1.98. The third-order valence-electron chi connectivity index (χ3n) is 1.71. The minimum absolute atomic E-state index is 0.160. The van der Waals surface area contributed by atoms with Crippen molar-refractivity contribution in [1.29, 1.82) is 0 Å². The van der Waals surface area contributed by atoms with Crippen molar-refractivity contribution in [2.75, 3.05) is 0 Å². The summed E-state index contributed by atoms with van der Waals surface area (Å²) in [6.07, 6.45) is 1.51. The van der Waals surface area contributed by atoms with Crippen LogP contribution in [0.2, 0.25) is 0 Å². The molecule has 2 rings (SSSR count). The third kappa shape index (κ3) is 1.62. The van der Waals surface area contributed by atoms with Crippen molar-refractivity contribution in [1.82, 2.24) is 24.9 Å². The van der Waals surface area contributed by atoms with Gasteiger partial charge in [-0.05, 0) is 6.92 Å². The van der Waals surface area contributed by atoms with E-state index in [9.17, 15) is 0 Å². The number of aromatic nitrogens is 5. The molecule has 0 saturated heterocycles. The van der Waals surface area contributed by atoms with Gasteiger partial charge in [-0.3, -0.25) is 0 Å². The Morgan fingerprint density at radius 3 is 3.07 bits per heavy atom. The van der Waals surface area contributed by atoms with E-state index in [0.29, 0.717) is 24.1 Å². The lowest BCUT2D eigenvalue weighted by atomic mass is 10.5. The van der Waals surface area contributed by atoms with Gasteiger partial charge in [0, 0.05) is 0 Å². The molecule has 2 aromatic rings. The van der Waals surface area contributed by atoms with Crippen LogP contribution in [0, 0.1) is 6.92 Å². The standard InChI is InChI=1S/C7H9N5O2/c1-5-9-7(14-11-5)2-12-4-8-10-6(12)3-13/h4,13H,2-3H2,1H3. The second kappa shape index (κ2) is 3.54. The van der Waals surface area contributed by atoms with Crippen LogP contribution in [-0.2, 0) is 13.2 Å². The zero-order valence-electron chi connectivity index (χ0n) is 7.58. The Morgan fingerprint density at radius 1 is 1.57 bits per heavy atom. The van der Waals surface area contributed by atoms with E-state index >= 15 is 0 Å². The number of hydrogen-bond donors (Lipinski definition) is 1. The summed E-state index contributed by atoms with van der Waals surface area (Å²) in [6.45, 7) is 1.96. The average molecular weight is 195 g/mol. The summed E-state index contributed by atoms with van der Waals surface area (Å²) in [6, 6.07) is 0. The molecule has 7 heteroatoms. The normalized spacial score (nSPS) is 10.7. The molecule has 74 valence electrons. The van der Waals surface area contributed by atoms with Crippen LogP contribution in [0.1, 0.15) is 17.5 Å². The van der Waals surface area contributed by atoms with Crippen LogP contribution in [0.15, 0.2) is 10.9 Å². The molecule has 0 aliphatic rings. The van der Waals surface area contributed by atoms with Gasteiger partial charge in [-0.2, -0.15) is 4.98 Å². The molecule has 0 unspecified atom stereocenters. The van der Waals surface area contributed by atoms with E-state index in [1.165, 1.54) is 6.33 Å². The first-order valence-corrected chi connectivity index (χ1v) is 4.06. The van der Waals surface area contributed by atoms with Gasteiger partial charge >= 0.3 is 0 Å². The van der Waals surface area contributed by atoms with Crippen molar-refractivity contribution < 1.29 is 9.63 Å². The summed E-state index contributed by atoms with van der Waals surface area (Å²) >= 11 is 0. The van der Waals surface area contributed by atoms with Gasteiger partial charge in [0.25, 0.3) is 0 Å². The highest BCUT2D eigenvalue weighted by Gasteiger charge is 2.07. The predicted octanol–water partition coefficient (Wildman–Crippen LogP) is -0.490. The second-order valence-corrected chi connectivity index (χ2v) is 2.77. The van der Waals surface area contributed by atoms with E-state index in [1.807, 2.05) is 0 Å². The maximum atomic E-state index is 8.90. The van der Waals surface area contributed by atoms with Crippen molar-refractivity contribution in [2.24, 2.45) is 0 Å². The molecule has 14 heavy (non-hydrogen) atoms. The molecule has 1 N–H and O–H groups in total. The number of aryl methyl sites for hydroxylation is 1. The molecule has 0 bridgehead atoms. The zero-order chi connectivity index (χ0) is 9.97. The van der Waals surface area contributed by atoms with Crippen LogP contribution in [0.3, 0.4) is 0 Å². The molecular weight excluding hydrogens is 186 g/mol. The summed E-state index contributed by atoms with van der Waals surface area (Å²) in [5, 5.41) is 19.9. The molecule has 0 fully saturated rings. The van der Waals surface area contributed by atoms with Gasteiger partial charge < -0.3 is 14.2 Å². The molecule has 0 aliphatic carbocycles. The van der Waals surface area contributed by atoms with Gasteiger partial charge in [0.05, 0.1) is 0 Å². The largest absolute Gasteiger partial charge is 0.388 e. The van der Waals surface area contributed by atoms with Crippen LogP contribution in [-0.4, -0.2) is 30.0 Å². The Hall–Kier alpha value is -1.76. The second-order valence-electron chi connectivity index (χ2n) is 2.77. The summed E-state index contributed by atoms with van der Waals surface area (Å²) in [5.74, 6) is 1.52. The summed E-state index contributed by atoms with van der Waals surface area (Å²) in [4.78, 5) is 4.03. The zero-order valence-corrected chi connectivity index (χ0v) is 7.58. The van der Waals surface area contributed by atoms with Gasteiger partial charge in [0.2, 0.25) is 5.89 Å². The molecule has 2 aromatic heterocycles.